The molecular formula is C31H51N3O5. The molecule has 0 aliphatic carbocycles. The molecule has 3 N–H and O–H groups in total. The van der Waals surface area contributed by atoms with Gasteiger partial charge in [-0.2, -0.15) is 0 Å². The van der Waals surface area contributed by atoms with E-state index in [1.54, 1.807) is 18.2 Å². The summed E-state index contributed by atoms with van der Waals surface area (Å²) in [5.74, 6) is -0.215. The minimum absolute atomic E-state index is 0.0822. The SMILES string of the molecule is CCCCNC(=O)[C@H](C)C[C@H](O)[C@@H]1C[C@H](C)CCCCCN(CC)C(=O)c2cc(OC(C)C)cc(c2)C(=O)N1. The number of carbonyl (C=O) groups excluding carboxylic acids is 3. The van der Waals surface area contributed by atoms with Crippen LogP contribution in [0.25, 0.3) is 0 Å². The van der Waals surface area contributed by atoms with Crippen molar-refractivity contribution >= 4 is 17.7 Å². The van der Waals surface area contributed by atoms with Crippen LogP contribution in [0.1, 0.15) is 114 Å². The van der Waals surface area contributed by atoms with Gasteiger partial charge < -0.3 is 25.4 Å². The highest BCUT2D eigenvalue weighted by atomic mass is 16.5. The number of rotatable bonds is 10. The van der Waals surface area contributed by atoms with Crippen molar-refractivity contribution < 1.29 is 24.2 Å². The number of carbonyl (C=O) groups is 3. The summed E-state index contributed by atoms with van der Waals surface area (Å²) in [6.45, 7) is 13.7. The summed E-state index contributed by atoms with van der Waals surface area (Å²) in [5.41, 5.74) is 0.732. The molecule has 3 amide bonds. The molecular weight excluding hydrogens is 494 g/mol. The molecule has 39 heavy (non-hydrogen) atoms. The van der Waals surface area contributed by atoms with Gasteiger partial charge in [0.1, 0.15) is 5.75 Å². The van der Waals surface area contributed by atoms with Gasteiger partial charge in [0.05, 0.1) is 18.2 Å². The molecule has 0 aromatic heterocycles. The van der Waals surface area contributed by atoms with E-state index in [1.165, 1.54) is 0 Å². The van der Waals surface area contributed by atoms with E-state index in [2.05, 4.69) is 24.5 Å². The van der Waals surface area contributed by atoms with E-state index in [1.807, 2.05) is 32.6 Å². The van der Waals surface area contributed by atoms with Gasteiger partial charge in [-0.15, -0.1) is 0 Å². The van der Waals surface area contributed by atoms with E-state index < -0.39 is 12.1 Å². The molecule has 1 aromatic rings. The lowest BCUT2D eigenvalue weighted by atomic mass is 9.89. The van der Waals surface area contributed by atoms with Crippen LogP contribution in [0.3, 0.4) is 0 Å². The number of amides is 3. The van der Waals surface area contributed by atoms with E-state index in [9.17, 15) is 19.5 Å². The van der Waals surface area contributed by atoms with Gasteiger partial charge in [-0.25, -0.2) is 0 Å². The lowest BCUT2D eigenvalue weighted by Crippen LogP contribution is -2.46. The summed E-state index contributed by atoms with van der Waals surface area (Å²) < 4.78 is 5.89. The van der Waals surface area contributed by atoms with Crippen molar-refractivity contribution in [3.63, 3.8) is 0 Å². The Balaban J connectivity index is 2.35. The molecule has 2 rings (SSSR count). The monoisotopic (exact) mass is 545 g/mol. The highest BCUT2D eigenvalue weighted by Gasteiger charge is 2.28. The molecule has 0 unspecified atom stereocenters. The van der Waals surface area contributed by atoms with Crippen LogP contribution in [0.4, 0.5) is 0 Å². The minimum atomic E-state index is -0.884. The first-order valence-corrected chi connectivity index (χ1v) is 14.9. The van der Waals surface area contributed by atoms with Crippen molar-refractivity contribution in [1.29, 1.82) is 0 Å². The number of unbranched alkanes of at least 4 members (excludes halogenated alkanes) is 1. The van der Waals surface area contributed by atoms with Crippen LogP contribution in [0.2, 0.25) is 0 Å². The molecule has 1 aliphatic rings. The number of fused-ring (bicyclic) bond motifs is 2. The Kier molecular flexibility index (Phi) is 13.8. The van der Waals surface area contributed by atoms with Crippen LogP contribution in [0.15, 0.2) is 18.2 Å². The van der Waals surface area contributed by atoms with Gasteiger partial charge in [0.2, 0.25) is 5.91 Å². The van der Waals surface area contributed by atoms with Crippen LogP contribution in [0.5, 0.6) is 5.75 Å². The topological polar surface area (TPSA) is 108 Å². The molecule has 1 aliphatic heterocycles. The van der Waals surface area contributed by atoms with Crippen LogP contribution in [0, 0.1) is 11.8 Å². The van der Waals surface area contributed by atoms with Gasteiger partial charge in [-0.3, -0.25) is 14.4 Å². The molecule has 220 valence electrons. The second kappa shape index (κ2) is 16.5. The number of nitrogens with one attached hydrogen (secondary N) is 2. The van der Waals surface area contributed by atoms with Crippen molar-refractivity contribution in [3.8, 4) is 5.75 Å². The third kappa shape index (κ3) is 10.8. The van der Waals surface area contributed by atoms with E-state index in [0.29, 0.717) is 42.9 Å². The first-order valence-electron chi connectivity index (χ1n) is 14.9. The van der Waals surface area contributed by atoms with Crippen LogP contribution < -0.4 is 15.4 Å². The normalized spacial score (nSPS) is 21.0. The maximum atomic E-state index is 13.5. The predicted octanol–water partition coefficient (Wildman–Crippen LogP) is 4.94. The molecule has 0 fully saturated rings. The van der Waals surface area contributed by atoms with Crippen molar-refractivity contribution in [2.45, 2.75) is 111 Å². The van der Waals surface area contributed by atoms with Gasteiger partial charge in [0.15, 0.2) is 0 Å². The third-order valence-electron chi connectivity index (χ3n) is 7.39. The second-order valence-corrected chi connectivity index (χ2v) is 11.4. The maximum Gasteiger partial charge on any atom is 0.254 e. The Morgan fingerprint density at radius 2 is 1.85 bits per heavy atom. The average Bonchev–Trinajstić information content (AvgIpc) is 2.89. The van der Waals surface area contributed by atoms with Crippen LogP contribution >= 0.6 is 0 Å². The van der Waals surface area contributed by atoms with Crippen molar-refractivity contribution in [2.75, 3.05) is 19.6 Å². The molecule has 0 saturated heterocycles. The fraction of sp³-hybridized carbons (Fsp3) is 0.710. The van der Waals surface area contributed by atoms with E-state index in [4.69, 9.17) is 4.74 Å². The Morgan fingerprint density at radius 1 is 1.13 bits per heavy atom. The number of hydrogen-bond acceptors (Lipinski definition) is 5. The number of nitrogens with zero attached hydrogens (tertiary/aromatic N) is 1. The number of hydrogen-bond donors (Lipinski definition) is 3. The third-order valence-corrected chi connectivity index (χ3v) is 7.39. The Labute approximate surface area is 235 Å². The lowest BCUT2D eigenvalue weighted by molar-refractivity contribution is -0.125. The summed E-state index contributed by atoms with van der Waals surface area (Å²) in [6.07, 6.45) is 5.65. The molecule has 4 atom stereocenters. The number of aliphatic hydroxyl groups is 1. The van der Waals surface area contributed by atoms with Crippen LogP contribution in [-0.2, 0) is 4.79 Å². The van der Waals surface area contributed by atoms with E-state index in [-0.39, 0.29) is 42.1 Å². The molecule has 8 heteroatoms. The van der Waals surface area contributed by atoms with E-state index >= 15 is 0 Å². The zero-order valence-corrected chi connectivity index (χ0v) is 24.9. The summed E-state index contributed by atoms with van der Waals surface area (Å²) >= 11 is 0. The number of ether oxygens (including phenoxy) is 1. The zero-order chi connectivity index (χ0) is 28.9. The molecule has 0 spiro atoms. The van der Waals surface area contributed by atoms with E-state index in [0.717, 1.165) is 38.5 Å². The lowest BCUT2D eigenvalue weighted by Gasteiger charge is -2.28. The first-order chi connectivity index (χ1) is 18.5. The van der Waals surface area contributed by atoms with Crippen molar-refractivity contribution in [3.05, 3.63) is 29.3 Å². The van der Waals surface area contributed by atoms with Gasteiger partial charge in [0, 0.05) is 36.7 Å². The van der Waals surface area contributed by atoms with Gasteiger partial charge >= 0.3 is 0 Å². The fourth-order valence-electron chi connectivity index (χ4n) is 5.06. The quantitative estimate of drug-likeness (QED) is 0.361. The van der Waals surface area contributed by atoms with Gasteiger partial charge in [-0.1, -0.05) is 46.5 Å². The molecule has 8 nitrogen and oxygen atoms in total. The Morgan fingerprint density at radius 3 is 2.51 bits per heavy atom. The molecule has 2 bridgehead atoms. The van der Waals surface area contributed by atoms with Crippen LogP contribution in [-0.4, -0.2) is 65.6 Å². The summed E-state index contributed by atoms with van der Waals surface area (Å²) in [5, 5.41) is 17.2. The second-order valence-electron chi connectivity index (χ2n) is 11.4. The standard InChI is InChI=1S/C31H51N3O5/c1-7-9-14-32-29(36)23(6)17-28(35)27-16-22(5)13-11-10-12-15-34(8-2)31(38)25-18-24(30(37)33-27)19-26(20-25)39-21(3)4/h18-23,27-28,35H,7-17H2,1-6H3,(H,32,36)(H,33,37)/t22-,23-,27+,28+/m1/s1. The molecule has 0 radical (unpaired) electrons. The zero-order valence-electron chi connectivity index (χ0n) is 24.9. The first kappa shape index (κ1) is 32.6. The maximum absolute atomic E-state index is 13.5. The van der Waals surface area contributed by atoms with Crippen molar-refractivity contribution in [1.82, 2.24) is 15.5 Å². The minimum Gasteiger partial charge on any atom is -0.491 e. The largest absolute Gasteiger partial charge is 0.491 e. The molecule has 0 saturated carbocycles. The summed E-state index contributed by atoms with van der Waals surface area (Å²) in [6, 6.07) is 4.44. The number of aliphatic hydroxyl groups excluding tert-OH is 1. The highest BCUT2D eigenvalue weighted by molar-refractivity contribution is 6.00. The molecule has 1 aromatic carbocycles. The summed E-state index contributed by atoms with van der Waals surface area (Å²) in [7, 11) is 0. The Bertz CT molecular complexity index is 935. The average molecular weight is 546 g/mol. The van der Waals surface area contributed by atoms with Gasteiger partial charge in [-0.05, 0) is 70.6 Å². The molecule has 1 heterocycles. The smallest absolute Gasteiger partial charge is 0.254 e. The fourth-order valence-corrected chi connectivity index (χ4v) is 5.06. The van der Waals surface area contributed by atoms with Gasteiger partial charge in [0.25, 0.3) is 11.8 Å². The highest BCUT2D eigenvalue weighted by Crippen LogP contribution is 2.24. The number of benzene rings is 1. The predicted molar refractivity (Wildman–Crippen MR) is 155 cm³/mol. The Hall–Kier alpha value is -2.61. The van der Waals surface area contributed by atoms with Crippen molar-refractivity contribution in [2.24, 2.45) is 11.8 Å². The summed E-state index contributed by atoms with van der Waals surface area (Å²) in [4.78, 5) is 41.3.